The second-order valence-electron chi connectivity index (χ2n) is 9.79. The first kappa shape index (κ1) is 27.4. The molecule has 1 aliphatic carbocycles. The van der Waals surface area contributed by atoms with E-state index in [4.69, 9.17) is 32.8 Å². The maximum atomic E-state index is 14.1. The van der Waals surface area contributed by atoms with Crippen molar-refractivity contribution in [3.63, 3.8) is 0 Å². The van der Waals surface area contributed by atoms with Crippen LogP contribution >= 0.6 is 23.2 Å². The second-order valence-corrected chi connectivity index (χ2v) is 10.6. The number of aliphatic hydroxyl groups excluding tert-OH is 1. The summed E-state index contributed by atoms with van der Waals surface area (Å²) in [5.74, 6) is -1.00. The number of aliphatic hydroxyl groups is 1. The highest BCUT2D eigenvalue weighted by molar-refractivity contribution is 6.35. The van der Waals surface area contributed by atoms with Crippen LogP contribution in [-0.4, -0.2) is 46.1 Å². The van der Waals surface area contributed by atoms with E-state index in [0.29, 0.717) is 63.9 Å². The average Bonchev–Trinajstić information content (AvgIpc) is 2.94. The molecule has 0 saturated heterocycles. The lowest BCUT2D eigenvalue weighted by Gasteiger charge is -2.47. The van der Waals surface area contributed by atoms with E-state index in [1.165, 1.54) is 7.11 Å². The minimum atomic E-state index is -0.873. The highest BCUT2D eigenvalue weighted by Gasteiger charge is 2.48. The molecule has 1 saturated carbocycles. The van der Waals surface area contributed by atoms with Crippen molar-refractivity contribution in [1.29, 1.82) is 0 Å². The van der Waals surface area contributed by atoms with Crippen LogP contribution in [0.15, 0.2) is 60.8 Å². The third-order valence-corrected chi connectivity index (χ3v) is 7.98. The Balaban J connectivity index is 1.59. The molecule has 39 heavy (non-hydrogen) atoms. The van der Waals surface area contributed by atoms with Gasteiger partial charge in [0.25, 0.3) is 11.8 Å². The van der Waals surface area contributed by atoms with Crippen LogP contribution in [0.1, 0.15) is 64.8 Å². The molecule has 1 aliphatic heterocycles. The molecule has 1 fully saturated rings. The van der Waals surface area contributed by atoms with Crippen molar-refractivity contribution in [2.45, 2.75) is 56.4 Å². The van der Waals surface area contributed by atoms with E-state index in [2.05, 4.69) is 10.5 Å². The molecule has 2 aliphatic rings. The van der Waals surface area contributed by atoms with Gasteiger partial charge in [-0.3, -0.25) is 19.4 Å². The summed E-state index contributed by atoms with van der Waals surface area (Å²) < 4.78 is 5.45. The third kappa shape index (κ3) is 5.75. The number of carbonyl (C=O) groups is 2. The summed E-state index contributed by atoms with van der Waals surface area (Å²) in [6.45, 7) is 0.0692. The number of benzene rings is 2. The number of hydrogen-bond donors (Lipinski definition) is 2. The van der Waals surface area contributed by atoms with Crippen LogP contribution in [0.4, 0.5) is 0 Å². The number of aromatic nitrogens is 1. The number of pyridine rings is 1. The van der Waals surface area contributed by atoms with Crippen molar-refractivity contribution in [3.8, 4) is 5.75 Å². The van der Waals surface area contributed by atoms with Gasteiger partial charge < -0.3 is 14.7 Å². The predicted octanol–water partition coefficient (Wildman–Crippen LogP) is 5.23. The topological polar surface area (TPSA) is 101 Å². The first-order valence-corrected chi connectivity index (χ1v) is 13.6. The first-order valence-electron chi connectivity index (χ1n) is 12.8. The number of fused-ring (bicyclic) bond motifs is 1. The van der Waals surface area contributed by atoms with Crippen LogP contribution in [0, 0.1) is 0 Å². The van der Waals surface area contributed by atoms with E-state index in [1.807, 2.05) is 6.07 Å². The van der Waals surface area contributed by atoms with Gasteiger partial charge in [-0.2, -0.15) is 0 Å². The van der Waals surface area contributed by atoms with Crippen molar-refractivity contribution in [2.75, 3.05) is 7.11 Å². The number of nitrogens with one attached hydrogen (secondary N) is 1. The maximum absolute atomic E-state index is 14.1. The van der Waals surface area contributed by atoms with E-state index in [1.54, 1.807) is 59.6 Å². The third-order valence-electron chi connectivity index (χ3n) is 7.42. The van der Waals surface area contributed by atoms with Crippen LogP contribution in [0.3, 0.4) is 0 Å². The summed E-state index contributed by atoms with van der Waals surface area (Å²) in [4.78, 5) is 39.6. The number of hydrogen-bond acceptors (Lipinski definition) is 6. The molecule has 0 spiro atoms. The van der Waals surface area contributed by atoms with Gasteiger partial charge in [-0.1, -0.05) is 35.3 Å². The smallest absolute Gasteiger partial charge is 0.254 e. The Morgan fingerprint density at radius 1 is 1.08 bits per heavy atom. The van der Waals surface area contributed by atoms with Crippen LogP contribution in [-0.2, 0) is 16.2 Å². The number of rotatable bonds is 7. The molecule has 2 amide bonds. The molecule has 10 heteroatoms. The lowest BCUT2D eigenvalue weighted by Crippen LogP contribution is -2.52. The number of ether oxygens (including phenoxy) is 1. The van der Waals surface area contributed by atoms with E-state index in [9.17, 15) is 14.7 Å². The minimum absolute atomic E-state index is 0.0692. The number of amides is 2. The molecular weight excluding hydrogens is 541 g/mol. The van der Waals surface area contributed by atoms with Crippen molar-refractivity contribution in [3.05, 3.63) is 93.2 Å². The molecule has 1 aromatic heterocycles. The first-order chi connectivity index (χ1) is 18.9. The van der Waals surface area contributed by atoms with Gasteiger partial charge in [-0.05, 0) is 79.3 Å². The lowest BCUT2D eigenvalue weighted by molar-refractivity contribution is -0.138. The van der Waals surface area contributed by atoms with Gasteiger partial charge in [-0.25, -0.2) is 5.48 Å². The number of nitrogens with zero attached hydrogens (tertiary/aromatic N) is 2. The van der Waals surface area contributed by atoms with E-state index < -0.39 is 24.0 Å². The predicted molar refractivity (Wildman–Crippen MR) is 147 cm³/mol. The molecule has 0 unspecified atom stereocenters. The monoisotopic (exact) mass is 569 g/mol. The fourth-order valence-corrected chi connectivity index (χ4v) is 6.05. The zero-order chi connectivity index (χ0) is 27.5. The number of hydroxylamine groups is 1. The Morgan fingerprint density at radius 3 is 2.56 bits per heavy atom. The summed E-state index contributed by atoms with van der Waals surface area (Å²) >= 11 is 12.9. The summed E-state index contributed by atoms with van der Waals surface area (Å²) in [5, 5.41) is 10.9. The van der Waals surface area contributed by atoms with Crippen molar-refractivity contribution >= 4 is 35.0 Å². The zero-order valence-electron chi connectivity index (χ0n) is 21.3. The van der Waals surface area contributed by atoms with Gasteiger partial charge in [0.1, 0.15) is 12.4 Å². The standard InChI is InChI=1S/C29H29Cl2N3O5/c1-38-21-10-12-22-24(15-21)26(28(36)33-39-16-18-4-2-3-13-32-18)27(23-11-5-17(30)14-25(23)31)34(29(22)37)19-6-8-20(35)9-7-19/h2-5,10-15,19-20,26-27,35H,6-9,16H2,1H3,(H,33,36)/t19?,20?,26-,27+/m1/s1. The summed E-state index contributed by atoms with van der Waals surface area (Å²) in [7, 11) is 1.53. The molecule has 2 heterocycles. The van der Waals surface area contributed by atoms with Gasteiger partial charge in [0.15, 0.2) is 0 Å². The molecule has 0 radical (unpaired) electrons. The molecule has 8 nitrogen and oxygen atoms in total. The zero-order valence-corrected chi connectivity index (χ0v) is 22.9. The Morgan fingerprint density at radius 2 is 1.87 bits per heavy atom. The van der Waals surface area contributed by atoms with Gasteiger partial charge >= 0.3 is 0 Å². The maximum Gasteiger partial charge on any atom is 0.254 e. The summed E-state index contributed by atoms with van der Waals surface area (Å²) in [6.07, 6.45) is 3.57. The highest BCUT2D eigenvalue weighted by atomic mass is 35.5. The molecular formula is C29H29Cl2N3O5. The second kappa shape index (κ2) is 11.9. The molecule has 2 aromatic carbocycles. The normalized spacial score (nSPS) is 22.8. The quantitative estimate of drug-likeness (QED) is 0.378. The summed E-state index contributed by atoms with van der Waals surface area (Å²) in [5.41, 5.74) is 4.76. The summed E-state index contributed by atoms with van der Waals surface area (Å²) in [6, 6.07) is 14.7. The van der Waals surface area contributed by atoms with Gasteiger partial charge in [-0.15, -0.1) is 0 Å². The molecule has 204 valence electrons. The molecule has 2 atom stereocenters. The van der Waals surface area contributed by atoms with Crippen LogP contribution in [0.2, 0.25) is 10.0 Å². The lowest BCUT2D eigenvalue weighted by atomic mass is 9.77. The Kier molecular flexibility index (Phi) is 8.37. The Hall–Kier alpha value is -3.17. The minimum Gasteiger partial charge on any atom is -0.497 e. The van der Waals surface area contributed by atoms with Crippen LogP contribution in [0.25, 0.3) is 0 Å². The molecule has 5 rings (SSSR count). The Bertz CT molecular complexity index is 1350. The van der Waals surface area contributed by atoms with Crippen molar-refractivity contribution in [2.24, 2.45) is 0 Å². The van der Waals surface area contributed by atoms with Crippen molar-refractivity contribution in [1.82, 2.24) is 15.4 Å². The highest BCUT2D eigenvalue weighted by Crippen LogP contribution is 2.48. The largest absolute Gasteiger partial charge is 0.497 e. The van der Waals surface area contributed by atoms with Gasteiger partial charge in [0, 0.05) is 27.8 Å². The Labute approximate surface area is 236 Å². The van der Waals surface area contributed by atoms with E-state index in [-0.39, 0.29) is 18.6 Å². The SMILES string of the molecule is COc1ccc2c(c1)[C@@H](C(=O)NOCc1ccccn1)[C@H](c1ccc(Cl)cc1Cl)N(C1CCC(O)CC1)C2=O. The van der Waals surface area contributed by atoms with Gasteiger partial charge in [0.2, 0.25) is 0 Å². The number of halogens is 2. The molecule has 3 aromatic rings. The average molecular weight is 570 g/mol. The number of carbonyl (C=O) groups excluding carboxylic acids is 2. The molecule has 2 N–H and O–H groups in total. The fourth-order valence-electron chi connectivity index (χ4n) is 5.53. The van der Waals surface area contributed by atoms with Crippen LogP contribution in [0.5, 0.6) is 5.75 Å². The van der Waals surface area contributed by atoms with Gasteiger partial charge in [0.05, 0.1) is 30.9 Å². The molecule has 0 bridgehead atoms. The van der Waals surface area contributed by atoms with E-state index >= 15 is 0 Å². The van der Waals surface area contributed by atoms with E-state index in [0.717, 1.165) is 0 Å². The fraction of sp³-hybridized carbons (Fsp3) is 0.345. The number of methoxy groups -OCH3 is 1. The van der Waals surface area contributed by atoms with Crippen molar-refractivity contribution < 1.29 is 24.3 Å². The van der Waals surface area contributed by atoms with Crippen LogP contribution < -0.4 is 10.2 Å².